The van der Waals surface area contributed by atoms with Crippen molar-refractivity contribution in [1.29, 1.82) is 0 Å². The van der Waals surface area contributed by atoms with Gasteiger partial charge in [-0.1, -0.05) is 32.1 Å². The first-order valence-corrected chi connectivity index (χ1v) is 7.47. The third kappa shape index (κ3) is 4.48. The molecule has 0 bridgehead atoms. The van der Waals surface area contributed by atoms with E-state index in [0.29, 0.717) is 13.2 Å². The van der Waals surface area contributed by atoms with Gasteiger partial charge in [0.1, 0.15) is 0 Å². The number of carbonyl (C=O) groups excluding carboxylic acids is 1. The van der Waals surface area contributed by atoms with Gasteiger partial charge in [0.25, 0.3) is 0 Å². The zero-order valence-corrected chi connectivity index (χ0v) is 11.3. The van der Waals surface area contributed by atoms with Crippen LogP contribution in [0.15, 0.2) is 0 Å². The van der Waals surface area contributed by atoms with E-state index in [9.17, 15) is 4.79 Å². The van der Waals surface area contributed by atoms with Crippen LogP contribution in [0.5, 0.6) is 0 Å². The fraction of sp³-hybridized carbons (Fsp3) is 0.929. The topological polar surface area (TPSA) is 41.6 Å². The van der Waals surface area contributed by atoms with Crippen LogP contribution in [-0.4, -0.2) is 43.8 Å². The smallest absolute Gasteiger partial charge is 0.317 e. The summed E-state index contributed by atoms with van der Waals surface area (Å²) in [6, 6.07) is 0.0851. The van der Waals surface area contributed by atoms with Crippen molar-refractivity contribution in [3.8, 4) is 0 Å². The maximum Gasteiger partial charge on any atom is 0.317 e. The van der Waals surface area contributed by atoms with E-state index >= 15 is 0 Å². The highest BCUT2D eigenvalue weighted by Crippen LogP contribution is 2.26. The van der Waals surface area contributed by atoms with Crippen molar-refractivity contribution in [1.82, 2.24) is 10.2 Å². The molecular weight excluding hydrogens is 228 g/mol. The van der Waals surface area contributed by atoms with Gasteiger partial charge in [0.05, 0.1) is 13.2 Å². The van der Waals surface area contributed by atoms with E-state index in [4.69, 9.17) is 4.74 Å². The Morgan fingerprint density at radius 3 is 2.61 bits per heavy atom. The Kier molecular flexibility index (Phi) is 5.78. The number of carbonyl (C=O) groups is 1. The number of rotatable bonds is 4. The molecule has 2 aliphatic rings. The minimum atomic E-state index is 0.0851. The molecular formula is C14H26N2O2. The van der Waals surface area contributed by atoms with Crippen LogP contribution in [-0.2, 0) is 4.74 Å². The van der Waals surface area contributed by atoms with Gasteiger partial charge in [-0.15, -0.1) is 0 Å². The third-order valence-corrected chi connectivity index (χ3v) is 4.09. The minimum Gasteiger partial charge on any atom is -0.378 e. The van der Waals surface area contributed by atoms with Crippen molar-refractivity contribution >= 4 is 6.03 Å². The largest absolute Gasteiger partial charge is 0.378 e. The zero-order chi connectivity index (χ0) is 12.6. The van der Waals surface area contributed by atoms with Crippen molar-refractivity contribution < 1.29 is 9.53 Å². The SMILES string of the molecule is O=C(NCCCC1CCCCC1)N1CCOCC1. The van der Waals surface area contributed by atoms with Gasteiger partial charge in [0, 0.05) is 19.6 Å². The lowest BCUT2D eigenvalue weighted by atomic mass is 9.86. The van der Waals surface area contributed by atoms with Crippen molar-refractivity contribution in [2.24, 2.45) is 5.92 Å². The molecule has 1 heterocycles. The van der Waals surface area contributed by atoms with Crippen LogP contribution in [0.4, 0.5) is 4.79 Å². The molecule has 2 amide bonds. The number of hydrogen-bond donors (Lipinski definition) is 1. The summed E-state index contributed by atoms with van der Waals surface area (Å²) in [5.41, 5.74) is 0. The third-order valence-electron chi connectivity index (χ3n) is 4.09. The summed E-state index contributed by atoms with van der Waals surface area (Å²) in [6.07, 6.45) is 9.44. The standard InChI is InChI=1S/C14H26N2O2/c17-14(16-9-11-18-12-10-16)15-8-4-7-13-5-2-1-3-6-13/h13H,1-12H2,(H,15,17). The lowest BCUT2D eigenvalue weighted by Crippen LogP contribution is -2.46. The van der Waals surface area contributed by atoms with Crippen molar-refractivity contribution in [3.05, 3.63) is 0 Å². The first kappa shape index (κ1) is 13.7. The molecule has 0 aromatic rings. The number of amides is 2. The molecule has 1 saturated heterocycles. The van der Waals surface area contributed by atoms with E-state index in [0.717, 1.165) is 32.0 Å². The van der Waals surface area contributed by atoms with Crippen molar-refractivity contribution in [2.75, 3.05) is 32.8 Å². The number of urea groups is 1. The van der Waals surface area contributed by atoms with Crippen LogP contribution in [0.1, 0.15) is 44.9 Å². The van der Waals surface area contributed by atoms with Gasteiger partial charge in [-0.25, -0.2) is 4.79 Å². The molecule has 2 rings (SSSR count). The molecule has 0 aromatic heterocycles. The van der Waals surface area contributed by atoms with E-state index in [1.807, 2.05) is 4.90 Å². The normalized spacial score (nSPS) is 21.9. The summed E-state index contributed by atoms with van der Waals surface area (Å²) in [7, 11) is 0. The van der Waals surface area contributed by atoms with Gasteiger partial charge in [0.15, 0.2) is 0 Å². The minimum absolute atomic E-state index is 0.0851. The van der Waals surface area contributed by atoms with E-state index < -0.39 is 0 Å². The fourth-order valence-electron chi connectivity index (χ4n) is 2.94. The Labute approximate surface area is 110 Å². The summed E-state index contributed by atoms with van der Waals surface area (Å²) < 4.78 is 5.23. The highest BCUT2D eigenvalue weighted by Gasteiger charge is 2.16. The highest BCUT2D eigenvalue weighted by molar-refractivity contribution is 5.74. The molecule has 0 radical (unpaired) electrons. The average molecular weight is 254 g/mol. The van der Waals surface area contributed by atoms with Crippen LogP contribution < -0.4 is 5.32 Å². The predicted molar refractivity (Wildman–Crippen MR) is 71.6 cm³/mol. The lowest BCUT2D eigenvalue weighted by Gasteiger charge is -2.27. The second-order valence-electron chi connectivity index (χ2n) is 5.48. The average Bonchev–Trinajstić information content (AvgIpc) is 2.45. The molecule has 1 saturated carbocycles. The second-order valence-corrected chi connectivity index (χ2v) is 5.48. The van der Waals surface area contributed by atoms with Crippen LogP contribution in [0.3, 0.4) is 0 Å². The Balaban J connectivity index is 1.52. The molecule has 0 atom stereocenters. The number of morpholine rings is 1. The zero-order valence-electron chi connectivity index (χ0n) is 11.3. The molecule has 0 unspecified atom stereocenters. The number of nitrogens with one attached hydrogen (secondary N) is 1. The quantitative estimate of drug-likeness (QED) is 0.783. The number of nitrogens with zero attached hydrogens (tertiary/aromatic N) is 1. The fourth-order valence-corrected chi connectivity index (χ4v) is 2.94. The highest BCUT2D eigenvalue weighted by atomic mass is 16.5. The van der Waals surface area contributed by atoms with Gasteiger partial charge >= 0.3 is 6.03 Å². The summed E-state index contributed by atoms with van der Waals surface area (Å²) in [4.78, 5) is 13.7. The molecule has 4 nitrogen and oxygen atoms in total. The predicted octanol–water partition coefficient (Wildman–Crippen LogP) is 2.39. The maximum absolute atomic E-state index is 11.8. The maximum atomic E-state index is 11.8. The van der Waals surface area contributed by atoms with Gasteiger partial charge < -0.3 is 15.0 Å². The summed E-state index contributed by atoms with van der Waals surface area (Å²) in [5.74, 6) is 0.916. The molecule has 2 fully saturated rings. The first-order valence-electron chi connectivity index (χ1n) is 7.47. The molecule has 1 aliphatic heterocycles. The van der Waals surface area contributed by atoms with Gasteiger partial charge in [-0.3, -0.25) is 0 Å². The van der Waals surface area contributed by atoms with Gasteiger partial charge in [-0.05, 0) is 18.8 Å². The molecule has 0 spiro atoms. The molecule has 0 aromatic carbocycles. The van der Waals surface area contributed by atoms with Crippen LogP contribution >= 0.6 is 0 Å². The van der Waals surface area contributed by atoms with Crippen LogP contribution in [0.25, 0.3) is 0 Å². The monoisotopic (exact) mass is 254 g/mol. The van der Waals surface area contributed by atoms with Gasteiger partial charge in [0.2, 0.25) is 0 Å². The lowest BCUT2D eigenvalue weighted by molar-refractivity contribution is 0.0532. The molecule has 18 heavy (non-hydrogen) atoms. The summed E-state index contributed by atoms with van der Waals surface area (Å²) >= 11 is 0. The van der Waals surface area contributed by atoms with E-state index in [1.54, 1.807) is 0 Å². The Hall–Kier alpha value is -0.770. The van der Waals surface area contributed by atoms with Crippen molar-refractivity contribution in [3.63, 3.8) is 0 Å². The van der Waals surface area contributed by atoms with E-state index in [1.165, 1.54) is 38.5 Å². The van der Waals surface area contributed by atoms with E-state index in [-0.39, 0.29) is 6.03 Å². The Bertz CT molecular complexity index is 246. The molecule has 104 valence electrons. The van der Waals surface area contributed by atoms with Crippen LogP contribution in [0, 0.1) is 5.92 Å². The summed E-state index contributed by atoms with van der Waals surface area (Å²) in [6.45, 7) is 3.64. The summed E-state index contributed by atoms with van der Waals surface area (Å²) in [5, 5.41) is 3.02. The molecule has 4 heteroatoms. The van der Waals surface area contributed by atoms with E-state index in [2.05, 4.69) is 5.32 Å². The van der Waals surface area contributed by atoms with Crippen LogP contribution in [0.2, 0.25) is 0 Å². The Morgan fingerprint density at radius 1 is 1.17 bits per heavy atom. The second kappa shape index (κ2) is 7.62. The first-order chi connectivity index (χ1) is 8.86. The molecule has 1 N–H and O–H groups in total. The molecule has 1 aliphatic carbocycles. The van der Waals surface area contributed by atoms with Gasteiger partial charge in [-0.2, -0.15) is 0 Å². The number of ether oxygens (including phenoxy) is 1. The Morgan fingerprint density at radius 2 is 1.89 bits per heavy atom. The number of hydrogen-bond acceptors (Lipinski definition) is 2. The van der Waals surface area contributed by atoms with Crippen molar-refractivity contribution in [2.45, 2.75) is 44.9 Å².